The predicted molar refractivity (Wildman–Crippen MR) is 91.8 cm³/mol. The van der Waals surface area contributed by atoms with E-state index in [1.54, 1.807) is 0 Å². The van der Waals surface area contributed by atoms with E-state index >= 15 is 0 Å². The van der Waals surface area contributed by atoms with Gasteiger partial charge in [-0.3, -0.25) is 4.79 Å². The summed E-state index contributed by atoms with van der Waals surface area (Å²) in [4.78, 5) is 12.0. The number of benzene rings is 1. The van der Waals surface area contributed by atoms with Crippen LogP contribution in [-0.2, 0) is 21.4 Å². The van der Waals surface area contributed by atoms with Gasteiger partial charge >= 0.3 is 5.97 Å². The highest BCUT2D eigenvalue weighted by atomic mass is 127. The normalized spacial score (nSPS) is 15.4. The lowest BCUT2D eigenvalue weighted by atomic mass is 9.93. The van der Waals surface area contributed by atoms with E-state index in [-0.39, 0.29) is 5.97 Å². The molecule has 1 aliphatic rings. The number of hydrogen-bond acceptors (Lipinski definition) is 3. The van der Waals surface area contributed by atoms with Crippen LogP contribution >= 0.6 is 22.6 Å². The van der Waals surface area contributed by atoms with Crippen molar-refractivity contribution in [2.75, 3.05) is 13.7 Å². The molecule has 1 saturated carbocycles. The first kappa shape index (κ1) is 16.3. The third-order valence-electron chi connectivity index (χ3n) is 3.84. The molecule has 1 fully saturated rings. The fourth-order valence-electron chi connectivity index (χ4n) is 2.48. The average Bonchev–Trinajstić information content (AvgIpc) is 3.25. The quantitative estimate of drug-likeness (QED) is 0.411. The summed E-state index contributed by atoms with van der Waals surface area (Å²) in [6.45, 7) is 8.43. The van der Waals surface area contributed by atoms with Gasteiger partial charge in [0.1, 0.15) is 12.4 Å². The summed E-state index contributed by atoms with van der Waals surface area (Å²) < 4.78 is 11.9. The topological polar surface area (TPSA) is 35.5 Å². The van der Waals surface area contributed by atoms with E-state index in [1.807, 2.05) is 6.92 Å². The highest BCUT2D eigenvalue weighted by Gasteiger charge is 2.52. The Morgan fingerprint density at radius 2 is 2.10 bits per heavy atom. The van der Waals surface area contributed by atoms with E-state index in [0.29, 0.717) is 6.61 Å². The lowest BCUT2D eigenvalue weighted by Gasteiger charge is -2.18. The molecule has 1 aliphatic carbocycles. The van der Waals surface area contributed by atoms with Crippen molar-refractivity contribution >= 4 is 28.6 Å². The summed E-state index contributed by atoms with van der Waals surface area (Å²) in [5, 5.41) is 0. The third kappa shape index (κ3) is 3.25. The van der Waals surface area contributed by atoms with Gasteiger partial charge < -0.3 is 9.47 Å². The van der Waals surface area contributed by atoms with Crippen molar-refractivity contribution in [3.8, 4) is 5.75 Å². The first-order chi connectivity index (χ1) is 9.94. The Kier molecular flexibility index (Phi) is 4.96. The first-order valence-corrected chi connectivity index (χ1v) is 8.21. The molecule has 114 valence electrons. The largest absolute Gasteiger partial charge is 0.488 e. The highest BCUT2D eigenvalue weighted by molar-refractivity contribution is 14.1. The summed E-state index contributed by atoms with van der Waals surface area (Å²) in [6.07, 6.45) is 2.60. The fraction of sp³-hybridized carbons (Fsp3) is 0.471. The van der Waals surface area contributed by atoms with Gasteiger partial charge in [0.2, 0.25) is 0 Å². The molecule has 0 amide bonds. The summed E-state index contributed by atoms with van der Waals surface area (Å²) >= 11 is 2.28. The summed E-state index contributed by atoms with van der Waals surface area (Å²) in [5.74, 6) is 0.779. The van der Waals surface area contributed by atoms with Gasteiger partial charge in [-0.2, -0.15) is 0 Å². The molecule has 0 saturated heterocycles. The van der Waals surface area contributed by atoms with Crippen molar-refractivity contribution in [3.63, 3.8) is 0 Å². The molecule has 2 rings (SSSR count). The van der Waals surface area contributed by atoms with E-state index in [9.17, 15) is 4.79 Å². The van der Waals surface area contributed by atoms with Crippen LogP contribution in [0.2, 0.25) is 0 Å². The average molecular weight is 400 g/mol. The number of aryl methyl sites for hydroxylation is 1. The van der Waals surface area contributed by atoms with Gasteiger partial charge in [0.25, 0.3) is 0 Å². The van der Waals surface area contributed by atoms with Crippen molar-refractivity contribution in [1.29, 1.82) is 0 Å². The van der Waals surface area contributed by atoms with Gasteiger partial charge in [-0.1, -0.05) is 19.6 Å². The maximum atomic E-state index is 12.0. The predicted octanol–water partition coefficient (Wildman–Crippen LogP) is 4.01. The maximum Gasteiger partial charge on any atom is 0.316 e. The first-order valence-electron chi connectivity index (χ1n) is 7.13. The molecule has 0 spiro atoms. The molecule has 0 aromatic heterocycles. The van der Waals surface area contributed by atoms with Crippen LogP contribution in [-0.4, -0.2) is 19.7 Å². The molecule has 1 aromatic carbocycles. The standard InChI is InChI=1S/C17H21IO3/c1-5-12-8-13(17(6-7-17)16(19)20-4)9-14(18)15(12)21-10-11(2)3/h8-9H,2,5-7,10H2,1,3-4H3. The number of hydrogen-bond donors (Lipinski definition) is 0. The van der Waals surface area contributed by atoms with Crippen LogP contribution in [0.3, 0.4) is 0 Å². The Bertz CT molecular complexity index is 574. The van der Waals surface area contributed by atoms with Crippen LogP contribution in [0, 0.1) is 3.57 Å². The summed E-state index contributed by atoms with van der Waals surface area (Å²) in [6, 6.07) is 4.15. The number of carbonyl (C=O) groups is 1. The number of rotatable bonds is 6. The van der Waals surface area contributed by atoms with Crippen LogP contribution in [0.15, 0.2) is 24.3 Å². The van der Waals surface area contributed by atoms with Crippen molar-refractivity contribution < 1.29 is 14.3 Å². The zero-order valence-electron chi connectivity index (χ0n) is 12.8. The van der Waals surface area contributed by atoms with Crippen molar-refractivity contribution in [2.24, 2.45) is 0 Å². The van der Waals surface area contributed by atoms with Crippen LogP contribution < -0.4 is 4.74 Å². The molecule has 0 radical (unpaired) electrons. The van der Waals surface area contributed by atoms with Gasteiger partial charge in [0.15, 0.2) is 0 Å². The number of ether oxygens (including phenoxy) is 2. The Balaban J connectivity index is 2.37. The minimum absolute atomic E-state index is 0.129. The number of esters is 1. The second kappa shape index (κ2) is 6.38. The van der Waals surface area contributed by atoms with Crippen molar-refractivity contribution in [1.82, 2.24) is 0 Å². The second-order valence-corrected chi connectivity index (χ2v) is 6.78. The molecule has 0 unspecified atom stereocenters. The van der Waals surface area contributed by atoms with Gasteiger partial charge in [-0.25, -0.2) is 0 Å². The number of carbonyl (C=O) groups excluding carboxylic acids is 1. The molecule has 21 heavy (non-hydrogen) atoms. The van der Waals surface area contributed by atoms with Gasteiger partial charge in [0.05, 0.1) is 16.1 Å². The molecule has 4 heteroatoms. The molecule has 0 aliphatic heterocycles. The molecule has 0 bridgehead atoms. The SMILES string of the molecule is C=C(C)COc1c(I)cc(C2(C(=O)OC)CC2)cc1CC. The van der Waals surface area contributed by atoms with Crippen LogP contribution in [0.1, 0.15) is 37.8 Å². The number of halogens is 1. The van der Waals surface area contributed by atoms with E-state index in [1.165, 1.54) is 7.11 Å². The summed E-state index contributed by atoms with van der Waals surface area (Å²) in [7, 11) is 1.46. The van der Waals surface area contributed by atoms with E-state index in [2.05, 4.69) is 48.2 Å². The molecular weight excluding hydrogens is 379 g/mol. The van der Waals surface area contributed by atoms with Crippen LogP contribution in [0.5, 0.6) is 5.75 Å². The monoisotopic (exact) mass is 400 g/mol. The molecular formula is C17H21IO3. The Morgan fingerprint density at radius 3 is 2.57 bits per heavy atom. The van der Waals surface area contributed by atoms with E-state index in [0.717, 1.165) is 45.3 Å². The second-order valence-electron chi connectivity index (χ2n) is 5.62. The zero-order chi connectivity index (χ0) is 15.6. The minimum atomic E-state index is -0.425. The van der Waals surface area contributed by atoms with Crippen molar-refractivity contribution in [2.45, 2.75) is 38.5 Å². The molecule has 0 atom stereocenters. The Hall–Kier alpha value is -1.04. The molecule has 1 aromatic rings. The molecule has 3 nitrogen and oxygen atoms in total. The smallest absolute Gasteiger partial charge is 0.316 e. The Morgan fingerprint density at radius 1 is 1.43 bits per heavy atom. The van der Waals surface area contributed by atoms with Gasteiger partial charge in [-0.05, 0) is 71.5 Å². The van der Waals surface area contributed by atoms with Crippen LogP contribution in [0.4, 0.5) is 0 Å². The van der Waals surface area contributed by atoms with Crippen LogP contribution in [0.25, 0.3) is 0 Å². The molecule has 0 N–H and O–H groups in total. The third-order valence-corrected chi connectivity index (χ3v) is 4.64. The molecule has 0 heterocycles. The summed E-state index contributed by atoms with van der Waals surface area (Å²) in [5.41, 5.74) is 2.75. The highest BCUT2D eigenvalue weighted by Crippen LogP contribution is 2.50. The lowest BCUT2D eigenvalue weighted by molar-refractivity contribution is -0.143. The zero-order valence-corrected chi connectivity index (χ0v) is 15.0. The van der Waals surface area contributed by atoms with E-state index in [4.69, 9.17) is 9.47 Å². The number of methoxy groups -OCH3 is 1. The fourth-order valence-corrected chi connectivity index (χ4v) is 3.31. The van der Waals surface area contributed by atoms with E-state index < -0.39 is 5.41 Å². The van der Waals surface area contributed by atoms with Gasteiger partial charge in [-0.15, -0.1) is 0 Å². The minimum Gasteiger partial charge on any atom is -0.488 e. The van der Waals surface area contributed by atoms with Crippen molar-refractivity contribution in [3.05, 3.63) is 39.0 Å². The maximum absolute atomic E-state index is 12.0. The lowest BCUT2D eigenvalue weighted by Crippen LogP contribution is -2.22. The Labute approximate surface area is 139 Å². The van der Waals surface area contributed by atoms with Gasteiger partial charge in [0, 0.05) is 0 Å².